The SMILES string of the molecule is CC(C)OC(=N)c1cnc(NC(=O)NC(C)c2ccc(F)cc2)cc1N. The number of halogens is 1. The highest BCUT2D eigenvalue weighted by molar-refractivity contribution is 5.98. The smallest absolute Gasteiger partial charge is 0.320 e. The fraction of sp³-hybridized carbons (Fsp3) is 0.278. The summed E-state index contributed by atoms with van der Waals surface area (Å²) in [4.78, 5) is 16.2. The third kappa shape index (κ3) is 5.17. The number of urea groups is 1. The van der Waals surface area contributed by atoms with E-state index in [2.05, 4.69) is 15.6 Å². The summed E-state index contributed by atoms with van der Waals surface area (Å²) >= 11 is 0. The number of amides is 2. The fourth-order valence-corrected chi connectivity index (χ4v) is 2.21. The van der Waals surface area contributed by atoms with E-state index in [-0.39, 0.29) is 35.4 Å². The third-order valence-electron chi connectivity index (χ3n) is 3.49. The number of rotatable bonds is 5. The van der Waals surface area contributed by atoms with Crippen LogP contribution in [0.25, 0.3) is 0 Å². The molecule has 7 nitrogen and oxygen atoms in total. The second kappa shape index (κ2) is 8.28. The molecule has 0 bridgehead atoms. The van der Waals surface area contributed by atoms with E-state index in [1.807, 2.05) is 0 Å². The van der Waals surface area contributed by atoms with E-state index in [1.165, 1.54) is 24.4 Å². The summed E-state index contributed by atoms with van der Waals surface area (Å²) < 4.78 is 18.2. The van der Waals surface area contributed by atoms with Crippen LogP contribution in [0.1, 0.15) is 37.9 Å². The van der Waals surface area contributed by atoms with Gasteiger partial charge in [-0.2, -0.15) is 0 Å². The van der Waals surface area contributed by atoms with E-state index in [1.54, 1.807) is 32.9 Å². The first-order chi connectivity index (χ1) is 12.3. The molecule has 0 saturated carbocycles. The minimum Gasteiger partial charge on any atom is -0.475 e. The number of pyridine rings is 1. The molecule has 2 aromatic rings. The highest BCUT2D eigenvalue weighted by Gasteiger charge is 2.13. The molecule has 0 spiro atoms. The van der Waals surface area contributed by atoms with Gasteiger partial charge < -0.3 is 15.8 Å². The molecule has 26 heavy (non-hydrogen) atoms. The number of nitrogens with zero attached hydrogens (tertiary/aromatic N) is 1. The largest absolute Gasteiger partial charge is 0.475 e. The molecule has 2 rings (SSSR count). The van der Waals surface area contributed by atoms with Crippen molar-refractivity contribution in [2.24, 2.45) is 0 Å². The standard InChI is InChI=1S/C18H22FN5O2/c1-10(2)26-17(21)14-9-22-16(8-15(14)20)24-18(25)23-11(3)12-4-6-13(19)7-5-12/h4-11,21H,1-3H3,(H4,20,22,23,24,25). The Labute approximate surface area is 151 Å². The number of nitrogens with two attached hydrogens (primary N) is 1. The van der Waals surface area contributed by atoms with Crippen molar-refractivity contribution in [1.82, 2.24) is 10.3 Å². The molecule has 0 saturated heterocycles. The molecule has 0 fully saturated rings. The van der Waals surface area contributed by atoms with Gasteiger partial charge in [0.05, 0.1) is 17.7 Å². The predicted octanol–water partition coefficient (Wildman–Crippen LogP) is 3.44. The van der Waals surface area contributed by atoms with Crippen LogP contribution in [0.2, 0.25) is 0 Å². The lowest BCUT2D eigenvalue weighted by atomic mass is 10.1. The van der Waals surface area contributed by atoms with Crippen molar-refractivity contribution in [3.8, 4) is 0 Å². The number of nitrogen functional groups attached to an aromatic ring is 1. The molecular formula is C18H22FN5O2. The number of anilines is 2. The Morgan fingerprint density at radius 2 is 1.92 bits per heavy atom. The summed E-state index contributed by atoms with van der Waals surface area (Å²) in [6.45, 7) is 5.39. The summed E-state index contributed by atoms with van der Waals surface area (Å²) in [6.07, 6.45) is 1.22. The molecule has 1 unspecified atom stereocenters. The Hall–Kier alpha value is -3.16. The Morgan fingerprint density at radius 1 is 1.27 bits per heavy atom. The second-order valence-electron chi connectivity index (χ2n) is 6.02. The maximum atomic E-state index is 13.0. The molecule has 8 heteroatoms. The molecule has 5 N–H and O–H groups in total. The van der Waals surface area contributed by atoms with Gasteiger partial charge >= 0.3 is 6.03 Å². The highest BCUT2D eigenvalue weighted by Crippen LogP contribution is 2.17. The molecule has 0 aliphatic rings. The van der Waals surface area contributed by atoms with Crippen LogP contribution in [-0.4, -0.2) is 23.0 Å². The molecule has 1 atom stereocenters. The normalized spacial score (nSPS) is 11.7. The maximum Gasteiger partial charge on any atom is 0.320 e. The number of ether oxygens (including phenoxy) is 1. The fourth-order valence-electron chi connectivity index (χ4n) is 2.21. The van der Waals surface area contributed by atoms with Crippen LogP contribution < -0.4 is 16.4 Å². The van der Waals surface area contributed by atoms with Crippen LogP contribution in [0.5, 0.6) is 0 Å². The Morgan fingerprint density at radius 3 is 2.50 bits per heavy atom. The van der Waals surface area contributed by atoms with E-state index in [0.717, 1.165) is 5.56 Å². The minimum absolute atomic E-state index is 0.0778. The van der Waals surface area contributed by atoms with Gasteiger partial charge in [0.25, 0.3) is 0 Å². The van der Waals surface area contributed by atoms with Crippen molar-refractivity contribution in [2.45, 2.75) is 32.9 Å². The van der Waals surface area contributed by atoms with Crippen LogP contribution in [0.3, 0.4) is 0 Å². The zero-order valence-electron chi connectivity index (χ0n) is 14.8. The Kier molecular flexibility index (Phi) is 6.11. The van der Waals surface area contributed by atoms with Gasteiger partial charge in [-0.25, -0.2) is 14.2 Å². The summed E-state index contributed by atoms with van der Waals surface area (Å²) in [5.74, 6) is -0.171. The lowest BCUT2D eigenvalue weighted by Gasteiger charge is -2.16. The average molecular weight is 359 g/mol. The van der Waals surface area contributed by atoms with Gasteiger partial charge in [-0.1, -0.05) is 12.1 Å². The number of nitrogens with one attached hydrogen (secondary N) is 3. The summed E-state index contributed by atoms with van der Waals surface area (Å²) in [5.41, 5.74) is 7.30. The van der Waals surface area contributed by atoms with E-state index in [0.29, 0.717) is 5.56 Å². The van der Waals surface area contributed by atoms with Crippen molar-refractivity contribution in [1.29, 1.82) is 5.41 Å². The molecule has 2 amide bonds. The van der Waals surface area contributed by atoms with E-state index in [9.17, 15) is 9.18 Å². The number of benzene rings is 1. The first kappa shape index (κ1) is 19.2. The van der Waals surface area contributed by atoms with Crippen LogP contribution in [0.4, 0.5) is 20.7 Å². The summed E-state index contributed by atoms with van der Waals surface area (Å²) in [5, 5.41) is 13.1. The van der Waals surface area contributed by atoms with Crippen LogP contribution in [0, 0.1) is 11.2 Å². The molecule has 138 valence electrons. The van der Waals surface area contributed by atoms with Gasteiger partial charge in [0.1, 0.15) is 11.6 Å². The first-order valence-electron chi connectivity index (χ1n) is 8.10. The summed E-state index contributed by atoms with van der Waals surface area (Å²) in [7, 11) is 0. The molecule has 0 radical (unpaired) electrons. The predicted molar refractivity (Wildman–Crippen MR) is 98.7 cm³/mol. The van der Waals surface area contributed by atoms with Crippen LogP contribution in [0.15, 0.2) is 36.5 Å². The van der Waals surface area contributed by atoms with Crippen molar-refractivity contribution < 1.29 is 13.9 Å². The zero-order chi connectivity index (χ0) is 19.3. The lowest BCUT2D eigenvalue weighted by Crippen LogP contribution is -2.31. The van der Waals surface area contributed by atoms with Crippen LogP contribution in [-0.2, 0) is 4.74 Å². The lowest BCUT2D eigenvalue weighted by molar-refractivity contribution is 0.227. The van der Waals surface area contributed by atoms with E-state index < -0.39 is 6.03 Å². The third-order valence-corrected chi connectivity index (χ3v) is 3.49. The number of aromatic nitrogens is 1. The molecule has 1 aromatic heterocycles. The molecule has 0 aliphatic carbocycles. The van der Waals surface area contributed by atoms with Crippen molar-refractivity contribution in [2.75, 3.05) is 11.1 Å². The van der Waals surface area contributed by atoms with Gasteiger partial charge in [-0.05, 0) is 38.5 Å². The number of carbonyl (C=O) groups is 1. The van der Waals surface area contributed by atoms with Gasteiger partial charge in [-0.15, -0.1) is 0 Å². The van der Waals surface area contributed by atoms with Gasteiger partial charge in [0.2, 0.25) is 5.90 Å². The van der Waals surface area contributed by atoms with Crippen molar-refractivity contribution in [3.63, 3.8) is 0 Å². The topological polar surface area (TPSA) is 113 Å². The van der Waals surface area contributed by atoms with Gasteiger partial charge in [0, 0.05) is 18.0 Å². The average Bonchev–Trinajstić information content (AvgIpc) is 2.54. The number of hydrogen-bond donors (Lipinski definition) is 4. The summed E-state index contributed by atoms with van der Waals surface area (Å²) in [6, 6.07) is 6.53. The monoisotopic (exact) mass is 359 g/mol. The van der Waals surface area contributed by atoms with E-state index >= 15 is 0 Å². The van der Waals surface area contributed by atoms with Gasteiger partial charge in [0.15, 0.2) is 0 Å². The minimum atomic E-state index is -0.477. The number of carbonyl (C=O) groups excluding carboxylic acids is 1. The first-order valence-corrected chi connectivity index (χ1v) is 8.10. The van der Waals surface area contributed by atoms with E-state index in [4.69, 9.17) is 15.9 Å². The number of hydrogen-bond acceptors (Lipinski definition) is 5. The maximum absolute atomic E-state index is 13.0. The molecular weight excluding hydrogens is 337 g/mol. The Balaban J connectivity index is 1.99. The second-order valence-corrected chi connectivity index (χ2v) is 6.02. The molecule has 1 aromatic carbocycles. The quantitative estimate of drug-likeness (QED) is 0.484. The zero-order valence-corrected chi connectivity index (χ0v) is 14.8. The Bertz CT molecular complexity index is 793. The van der Waals surface area contributed by atoms with Crippen LogP contribution >= 0.6 is 0 Å². The van der Waals surface area contributed by atoms with Crippen molar-refractivity contribution >= 4 is 23.4 Å². The van der Waals surface area contributed by atoms with Gasteiger partial charge in [-0.3, -0.25) is 10.7 Å². The highest BCUT2D eigenvalue weighted by atomic mass is 19.1. The molecule has 1 heterocycles. The molecule has 0 aliphatic heterocycles. The van der Waals surface area contributed by atoms with Crippen molar-refractivity contribution in [3.05, 3.63) is 53.5 Å².